The number of fused-ring (bicyclic) bond motifs is 1. The van der Waals surface area contributed by atoms with Crippen LogP contribution in [-0.4, -0.2) is 40.1 Å². The number of rotatable bonds is 8. The summed E-state index contributed by atoms with van der Waals surface area (Å²) >= 11 is 1.30. The molecule has 0 aliphatic carbocycles. The Labute approximate surface area is 184 Å². The molecule has 1 unspecified atom stereocenters. The third-order valence-electron chi connectivity index (χ3n) is 4.56. The van der Waals surface area contributed by atoms with Crippen molar-refractivity contribution in [1.29, 1.82) is 0 Å². The zero-order chi connectivity index (χ0) is 21.6. The van der Waals surface area contributed by atoms with Crippen molar-refractivity contribution in [2.24, 2.45) is 0 Å². The number of ether oxygens (including phenoxy) is 3. The van der Waals surface area contributed by atoms with Gasteiger partial charge in [-0.05, 0) is 36.4 Å². The van der Waals surface area contributed by atoms with Gasteiger partial charge in [-0.15, -0.1) is 16.8 Å². The SMILES string of the molecule is C=CCn1c(SCC(=O)Nc2ccc(OC)cc2)nnc1C1COc2ccccc2O1. The number of carbonyl (C=O) groups excluding carboxylic acids is 1. The average molecular weight is 439 g/mol. The zero-order valence-electron chi connectivity index (χ0n) is 17.0. The van der Waals surface area contributed by atoms with Gasteiger partial charge in [0.1, 0.15) is 12.4 Å². The zero-order valence-corrected chi connectivity index (χ0v) is 17.8. The van der Waals surface area contributed by atoms with Crippen LogP contribution < -0.4 is 19.5 Å². The number of thioether (sulfide) groups is 1. The molecular formula is C22H22N4O4S. The van der Waals surface area contributed by atoms with Crippen LogP contribution in [0.1, 0.15) is 11.9 Å². The fraction of sp³-hybridized carbons (Fsp3) is 0.227. The predicted molar refractivity (Wildman–Crippen MR) is 118 cm³/mol. The maximum Gasteiger partial charge on any atom is 0.234 e. The van der Waals surface area contributed by atoms with Gasteiger partial charge >= 0.3 is 0 Å². The van der Waals surface area contributed by atoms with Crippen LogP contribution in [0, 0.1) is 0 Å². The van der Waals surface area contributed by atoms with Crippen molar-refractivity contribution in [3.05, 3.63) is 67.0 Å². The monoisotopic (exact) mass is 438 g/mol. The van der Waals surface area contributed by atoms with Crippen LogP contribution in [0.15, 0.2) is 66.3 Å². The van der Waals surface area contributed by atoms with E-state index in [1.807, 2.05) is 28.8 Å². The van der Waals surface area contributed by atoms with Gasteiger partial charge in [0.2, 0.25) is 5.91 Å². The number of para-hydroxylation sites is 2. The van der Waals surface area contributed by atoms with Gasteiger partial charge in [0.25, 0.3) is 0 Å². The number of allylic oxidation sites excluding steroid dienone is 1. The lowest BCUT2D eigenvalue weighted by Crippen LogP contribution is -2.25. The van der Waals surface area contributed by atoms with Crippen molar-refractivity contribution in [3.63, 3.8) is 0 Å². The van der Waals surface area contributed by atoms with E-state index in [-0.39, 0.29) is 11.7 Å². The first-order valence-corrected chi connectivity index (χ1v) is 10.7. The molecule has 0 fully saturated rings. The van der Waals surface area contributed by atoms with Crippen molar-refractivity contribution in [1.82, 2.24) is 14.8 Å². The maximum atomic E-state index is 12.4. The van der Waals surface area contributed by atoms with E-state index in [1.165, 1.54) is 11.8 Å². The fourth-order valence-corrected chi connectivity index (χ4v) is 3.85. The number of methoxy groups -OCH3 is 1. The first-order valence-electron chi connectivity index (χ1n) is 9.67. The summed E-state index contributed by atoms with van der Waals surface area (Å²) in [6, 6.07) is 14.7. The number of aromatic nitrogens is 3. The number of carbonyl (C=O) groups is 1. The molecule has 31 heavy (non-hydrogen) atoms. The van der Waals surface area contributed by atoms with Crippen LogP contribution in [0.3, 0.4) is 0 Å². The van der Waals surface area contributed by atoms with E-state index in [2.05, 4.69) is 22.1 Å². The largest absolute Gasteiger partial charge is 0.497 e. The lowest BCUT2D eigenvalue weighted by Gasteiger charge is -2.26. The van der Waals surface area contributed by atoms with Crippen LogP contribution in [0.4, 0.5) is 5.69 Å². The third-order valence-corrected chi connectivity index (χ3v) is 5.53. The Bertz CT molecular complexity index is 1070. The molecule has 1 aromatic heterocycles. The number of benzene rings is 2. The van der Waals surface area contributed by atoms with Crippen LogP contribution in [0.5, 0.6) is 17.2 Å². The van der Waals surface area contributed by atoms with Gasteiger partial charge in [0, 0.05) is 12.2 Å². The highest BCUT2D eigenvalue weighted by Crippen LogP contribution is 2.36. The Morgan fingerprint density at radius 3 is 2.77 bits per heavy atom. The molecule has 0 bridgehead atoms. The summed E-state index contributed by atoms with van der Waals surface area (Å²) in [7, 11) is 1.60. The van der Waals surface area contributed by atoms with Crippen LogP contribution in [-0.2, 0) is 11.3 Å². The molecule has 0 saturated carbocycles. The predicted octanol–water partition coefficient (Wildman–Crippen LogP) is 3.72. The Kier molecular flexibility index (Phi) is 6.42. The van der Waals surface area contributed by atoms with Gasteiger partial charge in [-0.2, -0.15) is 0 Å². The molecule has 160 valence electrons. The topological polar surface area (TPSA) is 87.5 Å². The quantitative estimate of drug-likeness (QED) is 0.424. The van der Waals surface area contributed by atoms with Gasteiger partial charge in [-0.1, -0.05) is 30.0 Å². The smallest absolute Gasteiger partial charge is 0.234 e. The molecule has 1 N–H and O–H groups in total. The fourth-order valence-electron chi connectivity index (χ4n) is 3.09. The number of nitrogens with one attached hydrogen (secondary N) is 1. The van der Waals surface area contributed by atoms with Crippen LogP contribution in [0.25, 0.3) is 0 Å². The molecule has 1 aliphatic heterocycles. The van der Waals surface area contributed by atoms with Gasteiger partial charge < -0.3 is 19.5 Å². The first-order chi connectivity index (χ1) is 15.2. The number of hydrogen-bond acceptors (Lipinski definition) is 7. The second kappa shape index (κ2) is 9.57. The van der Waals surface area contributed by atoms with Crippen molar-refractivity contribution in [3.8, 4) is 17.2 Å². The molecule has 3 aromatic rings. The molecule has 9 heteroatoms. The van der Waals surface area contributed by atoms with Gasteiger partial charge in [0.05, 0.1) is 12.9 Å². The molecule has 0 radical (unpaired) electrons. The molecule has 8 nitrogen and oxygen atoms in total. The van der Waals surface area contributed by atoms with Gasteiger partial charge in [-0.3, -0.25) is 9.36 Å². The van der Waals surface area contributed by atoms with E-state index >= 15 is 0 Å². The average Bonchev–Trinajstić information content (AvgIpc) is 3.20. The lowest BCUT2D eigenvalue weighted by atomic mass is 10.2. The lowest BCUT2D eigenvalue weighted by molar-refractivity contribution is -0.113. The summed E-state index contributed by atoms with van der Waals surface area (Å²) in [6.45, 7) is 4.64. The molecule has 2 heterocycles. The number of anilines is 1. The molecule has 2 aromatic carbocycles. The van der Waals surface area contributed by atoms with Crippen molar-refractivity contribution in [2.45, 2.75) is 17.8 Å². The third kappa shape index (κ3) is 4.83. The molecular weight excluding hydrogens is 416 g/mol. The molecule has 1 atom stereocenters. The Balaban J connectivity index is 1.42. The highest BCUT2D eigenvalue weighted by atomic mass is 32.2. The molecule has 0 saturated heterocycles. The van der Waals surface area contributed by atoms with E-state index in [0.29, 0.717) is 41.3 Å². The minimum Gasteiger partial charge on any atom is -0.497 e. The van der Waals surface area contributed by atoms with Crippen molar-refractivity contribution >= 4 is 23.4 Å². The van der Waals surface area contributed by atoms with Gasteiger partial charge in [-0.25, -0.2) is 0 Å². The summed E-state index contributed by atoms with van der Waals surface area (Å²) in [5.41, 5.74) is 0.700. The molecule has 4 rings (SSSR count). The molecule has 1 aliphatic rings. The Hall–Kier alpha value is -3.46. The van der Waals surface area contributed by atoms with Gasteiger partial charge in [0.15, 0.2) is 28.6 Å². The Morgan fingerprint density at radius 2 is 2.03 bits per heavy atom. The maximum absolute atomic E-state index is 12.4. The van der Waals surface area contributed by atoms with Crippen LogP contribution >= 0.6 is 11.8 Å². The summed E-state index contributed by atoms with van der Waals surface area (Å²) in [4.78, 5) is 12.4. The molecule has 0 spiro atoms. The van der Waals surface area contributed by atoms with E-state index in [4.69, 9.17) is 14.2 Å². The standard InChI is InChI=1S/C22H22N4O4S/c1-3-12-26-21(19-13-29-17-6-4-5-7-18(17)30-19)24-25-22(26)31-14-20(27)23-15-8-10-16(28-2)11-9-15/h3-11,19H,1,12-14H2,2H3,(H,23,27). The Morgan fingerprint density at radius 1 is 1.26 bits per heavy atom. The summed E-state index contributed by atoms with van der Waals surface area (Å²) < 4.78 is 18.9. The normalized spacial score (nSPS) is 14.7. The first kappa shape index (κ1) is 20.8. The highest BCUT2D eigenvalue weighted by molar-refractivity contribution is 7.99. The number of hydrogen-bond donors (Lipinski definition) is 1. The summed E-state index contributed by atoms with van der Waals surface area (Å²) in [6.07, 6.45) is 1.36. The van der Waals surface area contributed by atoms with Crippen LogP contribution in [0.2, 0.25) is 0 Å². The van der Waals surface area contributed by atoms with E-state index < -0.39 is 6.10 Å². The summed E-state index contributed by atoms with van der Waals surface area (Å²) in [5.74, 6) is 2.78. The van der Waals surface area contributed by atoms with E-state index in [1.54, 1.807) is 37.5 Å². The second-order valence-corrected chi connectivity index (χ2v) is 7.61. The summed E-state index contributed by atoms with van der Waals surface area (Å²) in [5, 5.41) is 12.0. The van der Waals surface area contributed by atoms with Crippen molar-refractivity contribution in [2.75, 3.05) is 24.8 Å². The number of nitrogens with zero attached hydrogens (tertiary/aromatic N) is 3. The molecule has 1 amide bonds. The minimum atomic E-state index is -0.398. The highest BCUT2D eigenvalue weighted by Gasteiger charge is 2.28. The minimum absolute atomic E-state index is 0.143. The van der Waals surface area contributed by atoms with E-state index in [0.717, 1.165) is 5.75 Å². The number of amides is 1. The van der Waals surface area contributed by atoms with Crippen molar-refractivity contribution < 1.29 is 19.0 Å². The second-order valence-electron chi connectivity index (χ2n) is 6.67. The van der Waals surface area contributed by atoms with E-state index in [9.17, 15) is 4.79 Å².